The lowest BCUT2D eigenvalue weighted by Crippen LogP contribution is -2.47. The van der Waals surface area contributed by atoms with Crippen LogP contribution in [0.5, 0.6) is 0 Å². The minimum atomic E-state index is -0.712. The Balaban J connectivity index is 2.47. The smallest absolute Gasteiger partial charge is 0.408 e. The number of hydrogen-bond donors (Lipinski definition) is 1. The number of imidazole rings is 1. The highest BCUT2D eigenvalue weighted by molar-refractivity contribution is 5.93. The molecule has 0 saturated carbocycles. The first-order valence-electron chi connectivity index (χ1n) is 9.07. The quantitative estimate of drug-likeness (QED) is 0.802. The zero-order valence-corrected chi connectivity index (χ0v) is 17.2. The average Bonchev–Trinajstić information content (AvgIpc) is 2.89. The summed E-state index contributed by atoms with van der Waals surface area (Å²) in [6, 6.07) is 5.21. The molecule has 0 fully saturated rings. The number of hydrogen-bond acceptors (Lipinski definition) is 5. The third-order valence-corrected chi connectivity index (χ3v) is 4.32. The Morgan fingerprint density at radius 2 is 1.89 bits per heavy atom. The number of nitrogens with one attached hydrogen (secondary N) is 1. The number of amides is 1. The van der Waals surface area contributed by atoms with E-state index in [1.165, 1.54) is 7.11 Å². The fourth-order valence-electron chi connectivity index (χ4n) is 3.19. The molecule has 2 rings (SSSR count). The summed E-state index contributed by atoms with van der Waals surface area (Å²) < 4.78 is 12.1. The molecule has 0 aliphatic carbocycles. The van der Waals surface area contributed by atoms with Crippen LogP contribution in [0, 0.1) is 0 Å². The highest BCUT2D eigenvalue weighted by atomic mass is 16.6. The molecule has 1 aromatic heterocycles. The van der Waals surface area contributed by atoms with E-state index in [1.54, 1.807) is 18.2 Å². The van der Waals surface area contributed by atoms with Crippen molar-refractivity contribution in [3.05, 3.63) is 29.6 Å². The molecule has 1 unspecified atom stereocenters. The van der Waals surface area contributed by atoms with E-state index in [9.17, 15) is 9.59 Å². The van der Waals surface area contributed by atoms with Crippen LogP contribution in [0.25, 0.3) is 11.0 Å². The number of methoxy groups -OCH3 is 1. The van der Waals surface area contributed by atoms with Crippen molar-refractivity contribution in [2.24, 2.45) is 7.05 Å². The van der Waals surface area contributed by atoms with Crippen LogP contribution in [0.4, 0.5) is 4.79 Å². The van der Waals surface area contributed by atoms with Gasteiger partial charge in [0, 0.05) is 7.05 Å². The number of aryl methyl sites for hydroxylation is 1. The Hall–Kier alpha value is -2.57. The molecule has 0 aliphatic rings. The van der Waals surface area contributed by atoms with E-state index in [-0.39, 0.29) is 0 Å². The van der Waals surface area contributed by atoms with Gasteiger partial charge < -0.3 is 19.4 Å². The van der Waals surface area contributed by atoms with Gasteiger partial charge in [-0.3, -0.25) is 0 Å². The Kier molecular flexibility index (Phi) is 5.82. The highest BCUT2D eigenvalue weighted by Crippen LogP contribution is 2.29. The van der Waals surface area contributed by atoms with E-state index in [0.29, 0.717) is 17.8 Å². The van der Waals surface area contributed by atoms with E-state index in [0.717, 1.165) is 17.5 Å². The number of carbonyl (C=O) groups excluding carboxylic acids is 2. The number of rotatable bonds is 5. The van der Waals surface area contributed by atoms with Crippen LogP contribution < -0.4 is 5.32 Å². The molecule has 7 heteroatoms. The molecule has 1 amide bonds. The van der Waals surface area contributed by atoms with Gasteiger partial charge in [-0.2, -0.15) is 0 Å². The van der Waals surface area contributed by atoms with E-state index >= 15 is 0 Å². The van der Waals surface area contributed by atoms with Crippen LogP contribution >= 0.6 is 0 Å². The Morgan fingerprint density at radius 1 is 1.22 bits per heavy atom. The van der Waals surface area contributed by atoms with Crippen molar-refractivity contribution in [2.75, 3.05) is 7.11 Å². The van der Waals surface area contributed by atoms with Crippen molar-refractivity contribution in [3.8, 4) is 0 Å². The lowest BCUT2D eigenvalue weighted by Gasteiger charge is -2.31. The predicted octanol–water partition coefficient (Wildman–Crippen LogP) is 3.90. The summed E-state index contributed by atoms with van der Waals surface area (Å²) in [5, 5.41) is 2.98. The second kappa shape index (κ2) is 7.58. The predicted molar refractivity (Wildman–Crippen MR) is 104 cm³/mol. The van der Waals surface area contributed by atoms with E-state index in [4.69, 9.17) is 14.5 Å². The summed E-state index contributed by atoms with van der Waals surface area (Å²) >= 11 is 0. The number of aromatic nitrogens is 2. The summed E-state index contributed by atoms with van der Waals surface area (Å²) in [5.74, 6) is 0.301. The maximum atomic E-state index is 12.4. The molecule has 0 spiro atoms. The van der Waals surface area contributed by atoms with Crippen molar-refractivity contribution >= 4 is 23.1 Å². The standard InChI is InChI=1S/C20H29N3O4/c1-8-11-20(5,22-18(25)27-19(2,3)4)17-21-14-10-9-13(16(24)26-7)12-15(14)23(17)6/h9-10,12H,8,11H2,1-7H3,(H,22,25). The SMILES string of the molecule is CCCC(C)(NC(=O)OC(C)(C)C)c1nc2ccc(C(=O)OC)cc2n1C. The van der Waals surface area contributed by atoms with Crippen molar-refractivity contribution in [1.82, 2.24) is 14.9 Å². The number of fused-ring (bicyclic) bond motifs is 1. The summed E-state index contributed by atoms with van der Waals surface area (Å²) in [7, 11) is 3.22. The van der Waals surface area contributed by atoms with Crippen molar-refractivity contribution in [3.63, 3.8) is 0 Å². The van der Waals surface area contributed by atoms with Gasteiger partial charge in [0.2, 0.25) is 0 Å². The van der Waals surface area contributed by atoms with Crippen LogP contribution in [0.3, 0.4) is 0 Å². The van der Waals surface area contributed by atoms with Gasteiger partial charge in [-0.05, 0) is 52.3 Å². The third-order valence-electron chi connectivity index (χ3n) is 4.32. The van der Waals surface area contributed by atoms with Crippen LogP contribution in [-0.4, -0.2) is 34.3 Å². The molecule has 2 aromatic rings. The highest BCUT2D eigenvalue weighted by Gasteiger charge is 2.34. The Bertz CT molecular complexity index is 851. The molecule has 27 heavy (non-hydrogen) atoms. The molecule has 0 bridgehead atoms. The number of esters is 1. The molecule has 1 atom stereocenters. The fourth-order valence-corrected chi connectivity index (χ4v) is 3.19. The molecule has 0 saturated heterocycles. The lowest BCUT2D eigenvalue weighted by atomic mass is 9.95. The van der Waals surface area contributed by atoms with Crippen LogP contribution in [0.1, 0.15) is 63.6 Å². The number of nitrogens with zero attached hydrogens (tertiary/aromatic N) is 2. The summed E-state index contributed by atoms with van der Waals surface area (Å²) in [6.45, 7) is 9.46. The maximum absolute atomic E-state index is 12.4. The number of ether oxygens (including phenoxy) is 2. The van der Waals surface area contributed by atoms with Crippen LogP contribution in [0.2, 0.25) is 0 Å². The summed E-state index contributed by atoms with van der Waals surface area (Å²) in [5.41, 5.74) is 0.696. The van der Waals surface area contributed by atoms with Gasteiger partial charge in [0.05, 0.1) is 29.2 Å². The Labute approximate surface area is 160 Å². The first-order valence-corrected chi connectivity index (χ1v) is 9.07. The molecule has 1 heterocycles. The van der Waals surface area contributed by atoms with E-state index in [2.05, 4.69) is 5.32 Å². The number of carbonyl (C=O) groups is 2. The number of benzene rings is 1. The average molecular weight is 375 g/mol. The normalized spacial score (nSPS) is 13.9. The van der Waals surface area contributed by atoms with Gasteiger partial charge in [-0.1, -0.05) is 13.3 Å². The maximum Gasteiger partial charge on any atom is 0.408 e. The summed E-state index contributed by atoms with van der Waals surface area (Å²) in [4.78, 5) is 28.9. The largest absolute Gasteiger partial charge is 0.465 e. The van der Waals surface area contributed by atoms with E-state index < -0.39 is 23.2 Å². The van der Waals surface area contributed by atoms with Gasteiger partial charge in [0.25, 0.3) is 0 Å². The first kappa shape index (κ1) is 20.7. The molecule has 148 valence electrons. The van der Waals surface area contributed by atoms with Gasteiger partial charge in [-0.15, -0.1) is 0 Å². The zero-order valence-electron chi connectivity index (χ0n) is 17.2. The van der Waals surface area contributed by atoms with Gasteiger partial charge in [0.1, 0.15) is 11.4 Å². The second-order valence-electron chi connectivity index (χ2n) is 7.90. The van der Waals surface area contributed by atoms with E-state index in [1.807, 2.05) is 46.2 Å². The Morgan fingerprint density at radius 3 is 2.44 bits per heavy atom. The molecule has 0 aliphatic heterocycles. The monoisotopic (exact) mass is 375 g/mol. The molecule has 1 aromatic carbocycles. The topological polar surface area (TPSA) is 82.4 Å². The zero-order chi connectivity index (χ0) is 20.4. The number of alkyl carbamates (subject to hydrolysis) is 1. The molecule has 7 nitrogen and oxygen atoms in total. The minimum absolute atomic E-state index is 0.400. The van der Waals surface area contributed by atoms with Crippen molar-refractivity contribution in [2.45, 2.75) is 58.6 Å². The molecule has 1 N–H and O–H groups in total. The van der Waals surface area contributed by atoms with Crippen molar-refractivity contribution in [1.29, 1.82) is 0 Å². The lowest BCUT2D eigenvalue weighted by molar-refractivity contribution is 0.0447. The minimum Gasteiger partial charge on any atom is -0.465 e. The van der Waals surface area contributed by atoms with Gasteiger partial charge >= 0.3 is 12.1 Å². The van der Waals surface area contributed by atoms with Crippen LogP contribution in [-0.2, 0) is 22.1 Å². The second-order valence-corrected chi connectivity index (χ2v) is 7.90. The van der Waals surface area contributed by atoms with Gasteiger partial charge in [-0.25, -0.2) is 14.6 Å². The van der Waals surface area contributed by atoms with Crippen LogP contribution in [0.15, 0.2) is 18.2 Å². The molecule has 0 radical (unpaired) electrons. The molecular formula is C20H29N3O4. The molecular weight excluding hydrogens is 346 g/mol. The first-order chi connectivity index (χ1) is 12.5. The summed E-state index contributed by atoms with van der Waals surface area (Å²) in [6.07, 6.45) is 1.05. The van der Waals surface area contributed by atoms with Crippen molar-refractivity contribution < 1.29 is 19.1 Å². The van der Waals surface area contributed by atoms with Gasteiger partial charge in [0.15, 0.2) is 0 Å². The fraction of sp³-hybridized carbons (Fsp3) is 0.550. The third kappa shape index (κ3) is 4.59.